The molecule has 0 saturated carbocycles. The Morgan fingerprint density at radius 1 is 0.394 bits per heavy atom. The molecule has 1 amide bonds. The largest absolute Gasteiger partial charge is 0.394 e. The summed E-state index contributed by atoms with van der Waals surface area (Å²) in [5.41, 5.74) is 0. The Hall–Kier alpha value is -4.39. The molecular formula is C80H131NO13. The zero-order chi connectivity index (χ0) is 68.0. The van der Waals surface area contributed by atoms with Crippen LogP contribution in [0.4, 0.5) is 0 Å². The lowest BCUT2D eigenvalue weighted by Gasteiger charge is -2.46. The summed E-state index contributed by atoms with van der Waals surface area (Å²) >= 11 is 0. The van der Waals surface area contributed by atoms with Crippen molar-refractivity contribution in [2.75, 3.05) is 19.8 Å². The third kappa shape index (κ3) is 45.2. The fourth-order valence-electron chi connectivity index (χ4n) is 10.9. The average Bonchev–Trinajstić information content (AvgIpc) is 0.794. The molecule has 12 unspecified atom stereocenters. The van der Waals surface area contributed by atoms with Gasteiger partial charge in [-0.25, -0.2) is 0 Å². The number of carbonyl (C=O) groups excluding carboxylic acids is 1. The normalized spacial score (nSPS) is 23.4. The van der Waals surface area contributed by atoms with E-state index in [2.05, 4.69) is 165 Å². The summed E-state index contributed by atoms with van der Waals surface area (Å²) in [6.07, 6.45) is 78.7. The van der Waals surface area contributed by atoms with Gasteiger partial charge in [0.2, 0.25) is 5.91 Å². The molecule has 12 atom stereocenters. The van der Waals surface area contributed by atoms with Crippen LogP contribution in [-0.4, -0.2) is 140 Å². The first-order chi connectivity index (χ1) is 46.1. The SMILES string of the molecule is CC/C=C\C/C=C\C/C=C\C/C=C\C/C=C\C/C=C\C/C=C\C/C=C\C/C=C\C/C=C\C/C=C\C/C=C\CCCCC(=O)NC(COC1OC(CO)C(OC2OC(CO)C(O)C(O)C2O)C(O)C1O)C(O)/C=C/CCCCCCCCCCCCCCCCCCCCC. The van der Waals surface area contributed by atoms with E-state index in [-0.39, 0.29) is 18.9 Å². The lowest BCUT2D eigenvalue weighted by Crippen LogP contribution is -2.65. The van der Waals surface area contributed by atoms with E-state index in [1.807, 2.05) is 6.08 Å². The molecule has 0 spiro atoms. The van der Waals surface area contributed by atoms with Crippen molar-refractivity contribution >= 4 is 5.91 Å². The smallest absolute Gasteiger partial charge is 0.220 e. The fourth-order valence-corrected chi connectivity index (χ4v) is 10.9. The first kappa shape index (κ1) is 85.7. The van der Waals surface area contributed by atoms with Crippen LogP contribution in [0.1, 0.15) is 245 Å². The Labute approximate surface area is 569 Å². The lowest BCUT2D eigenvalue weighted by atomic mass is 9.97. The maximum absolute atomic E-state index is 13.3. The van der Waals surface area contributed by atoms with Gasteiger partial charge in [-0.3, -0.25) is 4.79 Å². The highest BCUT2D eigenvalue weighted by molar-refractivity contribution is 5.76. The second-order valence-electron chi connectivity index (χ2n) is 25.0. The Kier molecular flexibility index (Phi) is 56.7. The van der Waals surface area contributed by atoms with E-state index in [0.717, 1.165) is 116 Å². The predicted molar refractivity (Wildman–Crippen MR) is 387 cm³/mol. The average molecular weight is 1310 g/mol. The van der Waals surface area contributed by atoms with E-state index in [1.54, 1.807) is 6.08 Å². The van der Waals surface area contributed by atoms with Crippen molar-refractivity contribution < 1.29 is 64.6 Å². The van der Waals surface area contributed by atoms with Crippen molar-refractivity contribution in [1.82, 2.24) is 5.32 Å². The number of aliphatic hydroxyl groups excluding tert-OH is 8. The molecular weight excluding hydrogens is 1180 g/mol. The molecule has 2 aliphatic heterocycles. The van der Waals surface area contributed by atoms with Gasteiger partial charge in [-0.1, -0.05) is 287 Å². The zero-order valence-corrected chi connectivity index (χ0v) is 58.1. The molecule has 14 heteroatoms. The van der Waals surface area contributed by atoms with Gasteiger partial charge in [0.1, 0.15) is 48.8 Å². The molecule has 2 aliphatic rings. The molecule has 2 heterocycles. The number of carbonyl (C=O) groups is 1. The summed E-state index contributed by atoms with van der Waals surface area (Å²) in [6, 6.07) is -0.951. The minimum absolute atomic E-state index is 0.216. The summed E-state index contributed by atoms with van der Waals surface area (Å²) in [4.78, 5) is 13.3. The highest BCUT2D eigenvalue weighted by Crippen LogP contribution is 2.30. The maximum atomic E-state index is 13.3. The quantitative estimate of drug-likeness (QED) is 0.0204. The number of aliphatic hydroxyl groups is 8. The minimum Gasteiger partial charge on any atom is -0.394 e. The van der Waals surface area contributed by atoms with Gasteiger partial charge in [-0.15, -0.1) is 0 Å². The van der Waals surface area contributed by atoms with E-state index < -0.39 is 86.8 Å². The Morgan fingerprint density at radius 3 is 1.13 bits per heavy atom. The van der Waals surface area contributed by atoms with Crippen LogP contribution in [0.3, 0.4) is 0 Å². The summed E-state index contributed by atoms with van der Waals surface area (Å²) in [5.74, 6) is -0.286. The van der Waals surface area contributed by atoms with Crippen molar-refractivity contribution in [2.45, 2.75) is 319 Å². The van der Waals surface area contributed by atoms with Crippen LogP contribution in [0.5, 0.6) is 0 Å². The Morgan fingerprint density at radius 2 is 0.734 bits per heavy atom. The van der Waals surface area contributed by atoms with Gasteiger partial charge in [0.15, 0.2) is 12.6 Å². The molecule has 534 valence electrons. The first-order valence-electron chi connectivity index (χ1n) is 36.7. The van der Waals surface area contributed by atoms with Crippen molar-refractivity contribution in [1.29, 1.82) is 0 Å². The number of nitrogens with one attached hydrogen (secondary N) is 1. The van der Waals surface area contributed by atoms with E-state index in [4.69, 9.17) is 18.9 Å². The number of hydrogen-bond donors (Lipinski definition) is 9. The first-order valence-corrected chi connectivity index (χ1v) is 36.7. The molecule has 0 aromatic rings. The predicted octanol–water partition coefficient (Wildman–Crippen LogP) is 15.8. The molecule has 2 rings (SSSR count). The number of ether oxygens (including phenoxy) is 4. The van der Waals surface area contributed by atoms with Crippen molar-refractivity contribution in [3.63, 3.8) is 0 Å². The third-order valence-electron chi connectivity index (χ3n) is 16.7. The number of rotatable bonds is 58. The molecule has 9 N–H and O–H groups in total. The van der Waals surface area contributed by atoms with Gasteiger partial charge < -0.3 is 65.1 Å². The molecule has 0 aromatic carbocycles. The monoisotopic (exact) mass is 1310 g/mol. The second kappa shape index (κ2) is 62.2. The maximum Gasteiger partial charge on any atom is 0.220 e. The van der Waals surface area contributed by atoms with Crippen molar-refractivity contribution in [3.05, 3.63) is 158 Å². The molecule has 0 bridgehead atoms. The van der Waals surface area contributed by atoms with Gasteiger partial charge in [0, 0.05) is 6.42 Å². The van der Waals surface area contributed by atoms with Crippen molar-refractivity contribution in [3.8, 4) is 0 Å². The van der Waals surface area contributed by atoms with Crippen LogP contribution in [0.15, 0.2) is 158 Å². The van der Waals surface area contributed by atoms with E-state index in [1.165, 1.54) is 103 Å². The summed E-state index contributed by atoms with van der Waals surface area (Å²) in [7, 11) is 0. The van der Waals surface area contributed by atoms with Gasteiger partial charge in [-0.2, -0.15) is 0 Å². The molecule has 2 fully saturated rings. The van der Waals surface area contributed by atoms with Crippen LogP contribution < -0.4 is 5.32 Å². The summed E-state index contributed by atoms with van der Waals surface area (Å²) in [5, 5.41) is 87.4. The third-order valence-corrected chi connectivity index (χ3v) is 16.7. The van der Waals surface area contributed by atoms with Gasteiger partial charge >= 0.3 is 0 Å². The van der Waals surface area contributed by atoms with Crippen LogP contribution >= 0.6 is 0 Å². The molecule has 94 heavy (non-hydrogen) atoms. The number of hydrogen-bond acceptors (Lipinski definition) is 13. The topological polar surface area (TPSA) is 228 Å². The van der Waals surface area contributed by atoms with E-state index in [0.29, 0.717) is 6.42 Å². The number of amides is 1. The zero-order valence-electron chi connectivity index (χ0n) is 58.1. The van der Waals surface area contributed by atoms with Gasteiger partial charge in [0.05, 0.1) is 32.0 Å². The van der Waals surface area contributed by atoms with Crippen molar-refractivity contribution in [2.24, 2.45) is 0 Å². The molecule has 2 saturated heterocycles. The Bertz CT molecular complexity index is 2190. The summed E-state index contributed by atoms with van der Waals surface area (Å²) < 4.78 is 22.8. The molecule has 0 aliphatic carbocycles. The standard InChI is InChI=1S/C80H131NO13/c1-3-5-7-9-11-13-15-17-19-21-23-25-26-27-28-29-30-31-32-33-34-35-36-37-38-39-40-41-42-44-46-48-50-52-54-56-58-60-62-64-72(85)81-68(69(84)63-61-59-57-55-53-51-49-47-45-43-24-22-20-18-16-14-12-10-8-6-4-2)67-91-79-77(90)75(88)78(71(66-83)93-79)94-80-76(89)74(87)73(86)70(65-82)92-80/h5,7,11,13,17,19,23,25,27-28,30-31,33-34,36-37,39-40,42,44,48,50,54,56,61,63,68-71,73-80,82-84,86-90H,3-4,6,8-10,12,14-16,18,20-22,24,26,29,32,35,38,41,43,45-47,49,51-53,55,57-60,62,64-67H2,1-2H3,(H,81,85)/b7-5-,13-11-,19-17-,25-23-,28-27-,31-30-,34-33-,37-36-,40-39-,44-42-,50-48-,56-54-,63-61+. The van der Waals surface area contributed by atoms with E-state index in [9.17, 15) is 45.6 Å². The Balaban J connectivity index is 1.69. The van der Waals surface area contributed by atoms with Crippen LogP contribution in [0, 0.1) is 0 Å². The molecule has 0 aromatic heterocycles. The second-order valence-corrected chi connectivity index (χ2v) is 25.0. The lowest BCUT2D eigenvalue weighted by molar-refractivity contribution is -0.359. The number of unbranched alkanes of at least 4 members (excludes halogenated alkanes) is 21. The minimum atomic E-state index is -1.80. The summed E-state index contributed by atoms with van der Waals surface area (Å²) in [6.45, 7) is 2.66. The van der Waals surface area contributed by atoms with Crippen LogP contribution in [0.25, 0.3) is 0 Å². The molecule has 14 nitrogen and oxygen atoms in total. The van der Waals surface area contributed by atoms with Gasteiger partial charge in [0.25, 0.3) is 0 Å². The van der Waals surface area contributed by atoms with Gasteiger partial charge in [-0.05, 0) is 109 Å². The molecule has 0 radical (unpaired) electrons. The number of allylic oxidation sites excluding steroid dienone is 25. The van der Waals surface area contributed by atoms with Crippen LogP contribution in [0.2, 0.25) is 0 Å². The van der Waals surface area contributed by atoms with E-state index >= 15 is 0 Å². The van der Waals surface area contributed by atoms with Crippen LogP contribution in [-0.2, 0) is 23.7 Å². The fraction of sp³-hybridized carbons (Fsp3) is 0.662. The highest BCUT2D eigenvalue weighted by atomic mass is 16.7. The highest BCUT2D eigenvalue weighted by Gasteiger charge is 2.51.